The van der Waals surface area contributed by atoms with E-state index >= 15 is 0 Å². The molecule has 0 bridgehead atoms. The topological polar surface area (TPSA) is 77.4 Å². The SMILES string of the molecule is CCC(OC)C(C)CCCC/C=C/C=C(\C)CC(CC(OC)C(O)OC)OC.CO. The van der Waals surface area contributed by atoms with Crippen LogP contribution in [0.15, 0.2) is 23.8 Å². The highest BCUT2D eigenvalue weighted by atomic mass is 16.6. The summed E-state index contributed by atoms with van der Waals surface area (Å²) < 4.78 is 21.3. The lowest BCUT2D eigenvalue weighted by atomic mass is 9.95. The van der Waals surface area contributed by atoms with E-state index in [1.54, 1.807) is 14.2 Å². The van der Waals surface area contributed by atoms with Crippen molar-refractivity contribution >= 4 is 0 Å². The van der Waals surface area contributed by atoms with Gasteiger partial charge in [-0.05, 0) is 44.9 Å². The van der Waals surface area contributed by atoms with Gasteiger partial charge in [-0.1, -0.05) is 44.1 Å². The maximum atomic E-state index is 9.80. The molecule has 5 unspecified atom stereocenters. The van der Waals surface area contributed by atoms with Crippen LogP contribution in [0.3, 0.4) is 0 Å². The maximum absolute atomic E-state index is 9.80. The molecule has 0 aliphatic heterocycles. The smallest absolute Gasteiger partial charge is 0.180 e. The van der Waals surface area contributed by atoms with Crippen molar-refractivity contribution in [3.63, 3.8) is 0 Å². The summed E-state index contributed by atoms with van der Waals surface area (Å²) in [6, 6.07) is 0. The maximum Gasteiger partial charge on any atom is 0.180 e. The van der Waals surface area contributed by atoms with Gasteiger partial charge in [0.1, 0.15) is 6.10 Å². The highest BCUT2D eigenvalue weighted by Crippen LogP contribution is 2.19. The first-order chi connectivity index (χ1) is 14.4. The molecular formula is C24H48O6. The van der Waals surface area contributed by atoms with Crippen molar-refractivity contribution in [3.8, 4) is 0 Å². The molecule has 0 rings (SSSR count). The van der Waals surface area contributed by atoms with Crippen LogP contribution in [0.5, 0.6) is 0 Å². The van der Waals surface area contributed by atoms with E-state index in [1.807, 2.05) is 7.11 Å². The Morgan fingerprint density at radius 1 is 0.933 bits per heavy atom. The molecule has 6 nitrogen and oxygen atoms in total. The molecular weight excluding hydrogens is 384 g/mol. The zero-order valence-electron chi connectivity index (χ0n) is 20.6. The zero-order chi connectivity index (χ0) is 23.4. The van der Waals surface area contributed by atoms with Crippen molar-refractivity contribution in [1.82, 2.24) is 0 Å². The minimum absolute atomic E-state index is 0.0202. The van der Waals surface area contributed by atoms with Gasteiger partial charge < -0.3 is 29.2 Å². The average molecular weight is 433 g/mol. The summed E-state index contributed by atoms with van der Waals surface area (Å²) in [5, 5.41) is 16.8. The Morgan fingerprint density at radius 2 is 1.57 bits per heavy atom. The second-order valence-corrected chi connectivity index (χ2v) is 7.58. The largest absolute Gasteiger partial charge is 0.400 e. The van der Waals surface area contributed by atoms with Gasteiger partial charge in [0.2, 0.25) is 0 Å². The van der Waals surface area contributed by atoms with Crippen LogP contribution in [0.2, 0.25) is 0 Å². The molecule has 2 N–H and O–H groups in total. The lowest BCUT2D eigenvalue weighted by Crippen LogP contribution is -2.33. The molecule has 6 heteroatoms. The first-order valence-corrected chi connectivity index (χ1v) is 11.0. The van der Waals surface area contributed by atoms with Crippen LogP contribution >= 0.6 is 0 Å². The van der Waals surface area contributed by atoms with Crippen molar-refractivity contribution in [2.75, 3.05) is 35.5 Å². The molecule has 0 aliphatic rings. The minimum atomic E-state index is -0.939. The van der Waals surface area contributed by atoms with E-state index in [0.29, 0.717) is 18.4 Å². The molecule has 0 amide bonds. The van der Waals surface area contributed by atoms with E-state index in [-0.39, 0.29) is 6.10 Å². The molecule has 0 fully saturated rings. The molecule has 0 aromatic rings. The van der Waals surface area contributed by atoms with Crippen LogP contribution in [-0.4, -0.2) is 70.4 Å². The molecule has 30 heavy (non-hydrogen) atoms. The van der Waals surface area contributed by atoms with Gasteiger partial charge in [0, 0.05) is 42.0 Å². The molecule has 0 radical (unpaired) electrons. The quantitative estimate of drug-likeness (QED) is 0.200. The molecule has 0 saturated carbocycles. The van der Waals surface area contributed by atoms with Crippen molar-refractivity contribution in [3.05, 3.63) is 23.8 Å². The Bertz CT molecular complexity index is 420. The Labute approximate surface area is 185 Å². The molecule has 0 aromatic heterocycles. The fourth-order valence-electron chi connectivity index (χ4n) is 3.47. The van der Waals surface area contributed by atoms with Crippen LogP contribution in [0.25, 0.3) is 0 Å². The third kappa shape index (κ3) is 15.1. The number of hydrogen-bond donors (Lipinski definition) is 2. The third-order valence-electron chi connectivity index (χ3n) is 5.38. The Hall–Kier alpha value is -0.760. The van der Waals surface area contributed by atoms with Crippen LogP contribution in [0.4, 0.5) is 0 Å². The van der Waals surface area contributed by atoms with E-state index in [9.17, 15) is 5.11 Å². The van der Waals surface area contributed by atoms with E-state index in [1.165, 1.54) is 31.9 Å². The number of unbranched alkanes of at least 4 members (excludes halogenated alkanes) is 2. The van der Waals surface area contributed by atoms with Crippen LogP contribution < -0.4 is 0 Å². The van der Waals surface area contributed by atoms with Crippen molar-refractivity contribution in [2.45, 2.75) is 90.3 Å². The fraction of sp³-hybridized carbons (Fsp3) is 0.833. The molecule has 0 spiro atoms. The van der Waals surface area contributed by atoms with Gasteiger partial charge in [-0.2, -0.15) is 0 Å². The predicted octanol–water partition coefficient (Wildman–Crippen LogP) is 4.49. The van der Waals surface area contributed by atoms with Crippen molar-refractivity contribution in [2.24, 2.45) is 5.92 Å². The van der Waals surface area contributed by atoms with Gasteiger partial charge in [0.15, 0.2) is 6.29 Å². The number of allylic oxidation sites excluding steroid dienone is 3. The lowest BCUT2D eigenvalue weighted by Gasteiger charge is -2.24. The van der Waals surface area contributed by atoms with Crippen LogP contribution in [0.1, 0.15) is 65.7 Å². The summed E-state index contributed by atoms with van der Waals surface area (Å²) in [6.07, 6.45) is 12.8. The Kier molecular flexibility index (Phi) is 22.5. The van der Waals surface area contributed by atoms with Gasteiger partial charge in [-0.3, -0.25) is 0 Å². The Balaban J connectivity index is 0. The second-order valence-electron chi connectivity index (χ2n) is 7.58. The average Bonchev–Trinajstić information content (AvgIpc) is 2.77. The lowest BCUT2D eigenvalue weighted by molar-refractivity contribution is -0.164. The van der Waals surface area contributed by atoms with Gasteiger partial charge in [-0.15, -0.1) is 0 Å². The molecule has 180 valence electrons. The van der Waals surface area contributed by atoms with Gasteiger partial charge in [-0.25, -0.2) is 0 Å². The standard InChI is InChI=1S/C23H44O5.CH4O/c1-8-21(26-5)19(3)15-13-11-9-10-12-14-18(2)16-20(25-4)17-22(27-6)23(24)28-7;1-2/h10,12,14,19-24H,8-9,11,13,15-17H2,1-7H3;2H,1H3/b12-10+,18-14+;. The molecule has 0 aromatic carbocycles. The summed E-state index contributed by atoms with van der Waals surface area (Å²) in [7, 11) is 7.54. The van der Waals surface area contributed by atoms with Crippen molar-refractivity contribution < 1.29 is 29.2 Å². The van der Waals surface area contributed by atoms with Gasteiger partial charge in [0.25, 0.3) is 0 Å². The number of rotatable bonds is 17. The first kappa shape index (κ1) is 31.4. The van der Waals surface area contributed by atoms with E-state index < -0.39 is 12.4 Å². The normalized spacial score (nSPS) is 17.2. The number of methoxy groups -OCH3 is 4. The number of aliphatic hydroxyl groups is 2. The molecule has 0 aliphatic carbocycles. The summed E-state index contributed by atoms with van der Waals surface area (Å²) in [4.78, 5) is 0. The summed E-state index contributed by atoms with van der Waals surface area (Å²) in [6.45, 7) is 6.57. The second kappa shape index (κ2) is 21.5. The van der Waals surface area contributed by atoms with Crippen molar-refractivity contribution in [1.29, 1.82) is 0 Å². The van der Waals surface area contributed by atoms with E-state index in [2.05, 4.69) is 39.0 Å². The summed E-state index contributed by atoms with van der Waals surface area (Å²) in [5.41, 5.74) is 1.24. The molecule has 0 heterocycles. The van der Waals surface area contributed by atoms with Crippen LogP contribution in [0, 0.1) is 5.92 Å². The molecule has 0 saturated heterocycles. The predicted molar refractivity (Wildman–Crippen MR) is 124 cm³/mol. The monoisotopic (exact) mass is 432 g/mol. The summed E-state index contributed by atoms with van der Waals surface area (Å²) in [5.74, 6) is 0.625. The molecule has 5 atom stereocenters. The van der Waals surface area contributed by atoms with Crippen LogP contribution in [-0.2, 0) is 18.9 Å². The van der Waals surface area contributed by atoms with E-state index in [0.717, 1.165) is 26.4 Å². The number of aliphatic hydroxyl groups excluding tert-OH is 2. The van der Waals surface area contributed by atoms with Gasteiger partial charge >= 0.3 is 0 Å². The van der Waals surface area contributed by atoms with E-state index in [4.69, 9.17) is 24.1 Å². The highest BCUT2D eigenvalue weighted by Gasteiger charge is 2.23. The number of hydrogen-bond acceptors (Lipinski definition) is 6. The summed E-state index contributed by atoms with van der Waals surface area (Å²) >= 11 is 0. The fourth-order valence-corrected chi connectivity index (χ4v) is 3.47. The third-order valence-corrected chi connectivity index (χ3v) is 5.38. The highest BCUT2D eigenvalue weighted by molar-refractivity contribution is 5.11. The first-order valence-electron chi connectivity index (χ1n) is 11.0. The minimum Gasteiger partial charge on any atom is -0.400 e. The Morgan fingerprint density at radius 3 is 2.07 bits per heavy atom. The zero-order valence-corrected chi connectivity index (χ0v) is 20.6. The number of ether oxygens (including phenoxy) is 4. The van der Waals surface area contributed by atoms with Gasteiger partial charge in [0.05, 0.1) is 12.2 Å².